The second kappa shape index (κ2) is 17.3. The molecule has 3 aromatic rings. The Morgan fingerprint density at radius 2 is 1.74 bits per heavy atom. The highest BCUT2D eigenvalue weighted by atomic mass is 32.2. The van der Waals surface area contributed by atoms with Gasteiger partial charge < -0.3 is 20.5 Å². The average Bonchev–Trinajstić information content (AvgIpc) is 3.05. The topological polar surface area (TPSA) is 166 Å². The molecule has 1 fully saturated rings. The Bertz CT molecular complexity index is 1620. The van der Waals surface area contributed by atoms with Crippen LogP contribution in [-0.2, 0) is 26.0 Å². The number of aliphatic hydroxyl groups excluding tert-OH is 1. The summed E-state index contributed by atoms with van der Waals surface area (Å²) in [6, 6.07) is 15.8. The van der Waals surface area contributed by atoms with Gasteiger partial charge in [-0.05, 0) is 86.0 Å². The van der Waals surface area contributed by atoms with Crippen LogP contribution in [0.15, 0.2) is 82.8 Å². The quantitative estimate of drug-likeness (QED) is 0.0947. The summed E-state index contributed by atoms with van der Waals surface area (Å²) in [6.07, 6.45) is 0.707. The monoisotopic (exact) mass is 670 g/mol. The number of aliphatic hydroxyl groups is 1. The highest BCUT2D eigenvalue weighted by Crippen LogP contribution is 2.37. The molecule has 0 aromatic heterocycles. The van der Waals surface area contributed by atoms with Crippen LogP contribution in [0, 0.1) is 17.6 Å². The van der Waals surface area contributed by atoms with E-state index in [0.29, 0.717) is 31.6 Å². The number of azide groups is 1. The Balaban J connectivity index is 1.58. The largest absolute Gasteiger partial charge is 0.392 e. The molecule has 0 spiro atoms. The van der Waals surface area contributed by atoms with Crippen molar-refractivity contribution in [3.05, 3.63) is 106 Å². The van der Waals surface area contributed by atoms with E-state index in [2.05, 4.69) is 25.4 Å². The lowest BCUT2D eigenvalue weighted by molar-refractivity contribution is -0.118. The minimum Gasteiger partial charge on any atom is -0.392 e. The number of halogens is 2. The third-order valence-electron chi connectivity index (χ3n) is 8.14. The molecule has 4 N–H and O–H groups in total. The van der Waals surface area contributed by atoms with Gasteiger partial charge in [0.25, 0.3) is 0 Å². The number of carbonyl (C=O) groups is 1. The average molecular weight is 671 g/mol. The maximum atomic E-state index is 15.3. The van der Waals surface area contributed by atoms with Gasteiger partial charge in [-0.3, -0.25) is 4.79 Å². The Hall–Kier alpha value is -3.91. The summed E-state index contributed by atoms with van der Waals surface area (Å²) < 4.78 is 63.5. The second-order valence-electron chi connectivity index (χ2n) is 11.6. The zero-order valence-electron chi connectivity index (χ0n) is 26.1. The molecule has 1 heterocycles. The van der Waals surface area contributed by atoms with Crippen LogP contribution >= 0.6 is 0 Å². The van der Waals surface area contributed by atoms with Crippen LogP contribution in [0.5, 0.6) is 0 Å². The van der Waals surface area contributed by atoms with Crippen molar-refractivity contribution in [2.45, 2.75) is 61.6 Å². The molecule has 3 aromatic carbocycles. The number of benzene rings is 3. The Morgan fingerprint density at radius 1 is 1.04 bits per heavy atom. The standard InChI is InChI=1S/C33H40F2N6O5S/c1-22(42)20-37-21-26(40-47(44,45)27-6-3-2-4-7-27)14-15-28-29(35)8-5-9-30(28)38-33(43)32(39-41-36)31(24-16-18-46-19-17-24)23-10-12-25(34)13-11-23/h2-13,22,24,26,31-32,37,40,42H,14-21H2,1H3,(H,38,43)/t22-,26+,31+,32+/m1/s1. The van der Waals surface area contributed by atoms with Crippen molar-refractivity contribution < 1.29 is 31.8 Å². The van der Waals surface area contributed by atoms with Gasteiger partial charge in [0.05, 0.1) is 11.0 Å². The predicted octanol–water partition coefficient (Wildman–Crippen LogP) is 5.04. The molecule has 0 bridgehead atoms. The highest BCUT2D eigenvalue weighted by molar-refractivity contribution is 7.89. The number of ether oxygens (including phenoxy) is 1. The number of hydrogen-bond donors (Lipinski definition) is 4. The third kappa shape index (κ3) is 10.3. The SMILES string of the molecule is C[C@@H](O)CNC[C@H](CCc1c(F)cccc1NC(=O)[C@@H](N=[N+]=[N-])[C@@H](c1ccc(F)cc1)C1CCOCC1)NS(=O)(=O)c1ccccc1. The number of nitrogens with zero attached hydrogens (tertiary/aromatic N) is 3. The smallest absolute Gasteiger partial charge is 0.240 e. The molecule has 1 aliphatic heterocycles. The summed E-state index contributed by atoms with van der Waals surface area (Å²) in [5.74, 6) is -2.40. The molecular formula is C33H40F2N6O5S. The van der Waals surface area contributed by atoms with Crippen molar-refractivity contribution in [3.8, 4) is 0 Å². The van der Waals surface area contributed by atoms with Gasteiger partial charge >= 0.3 is 0 Å². The van der Waals surface area contributed by atoms with Crippen molar-refractivity contribution in [2.24, 2.45) is 11.0 Å². The second-order valence-corrected chi connectivity index (χ2v) is 13.3. The van der Waals surface area contributed by atoms with Gasteiger partial charge in [0.1, 0.15) is 17.7 Å². The van der Waals surface area contributed by atoms with E-state index >= 15 is 4.39 Å². The van der Waals surface area contributed by atoms with E-state index in [4.69, 9.17) is 4.74 Å². The van der Waals surface area contributed by atoms with Crippen LogP contribution in [0.1, 0.15) is 43.2 Å². The summed E-state index contributed by atoms with van der Waals surface area (Å²) in [5.41, 5.74) is 10.4. The van der Waals surface area contributed by atoms with Crippen LogP contribution in [0.4, 0.5) is 14.5 Å². The maximum Gasteiger partial charge on any atom is 0.240 e. The zero-order chi connectivity index (χ0) is 33.8. The van der Waals surface area contributed by atoms with Crippen molar-refractivity contribution in [1.29, 1.82) is 0 Å². The van der Waals surface area contributed by atoms with Crippen LogP contribution in [0.3, 0.4) is 0 Å². The fourth-order valence-electron chi connectivity index (χ4n) is 5.83. The van der Waals surface area contributed by atoms with Gasteiger partial charge in [-0.15, -0.1) is 0 Å². The van der Waals surface area contributed by atoms with E-state index in [1.54, 1.807) is 37.3 Å². The lowest BCUT2D eigenvalue weighted by Gasteiger charge is -2.34. The number of nitrogens with one attached hydrogen (secondary N) is 3. The molecule has 14 heteroatoms. The zero-order valence-corrected chi connectivity index (χ0v) is 26.9. The first-order valence-electron chi connectivity index (χ1n) is 15.5. The summed E-state index contributed by atoms with van der Waals surface area (Å²) in [7, 11) is -3.92. The van der Waals surface area contributed by atoms with E-state index < -0.39 is 51.7 Å². The van der Waals surface area contributed by atoms with Gasteiger partial charge in [-0.25, -0.2) is 21.9 Å². The number of amides is 1. The van der Waals surface area contributed by atoms with E-state index in [1.807, 2.05) is 0 Å². The van der Waals surface area contributed by atoms with Crippen molar-refractivity contribution in [1.82, 2.24) is 10.0 Å². The first-order valence-corrected chi connectivity index (χ1v) is 17.0. The van der Waals surface area contributed by atoms with Crippen molar-refractivity contribution >= 4 is 21.6 Å². The van der Waals surface area contributed by atoms with Gasteiger partial charge in [0.2, 0.25) is 15.9 Å². The Morgan fingerprint density at radius 3 is 2.40 bits per heavy atom. The number of anilines is 1. The third-order valence-corrected chi connectivity index (χ3v) is 9.68. The van der Waals surface area contributed by atoms with E-state index in [-0.39, 0.29) is 48.0 Å². The van der Waals surface area contributed by atoms with Gasteiger partial charge in [-0.1, -0.05) is 41.5 Å². The molecular weight excluding hydrogens is 630 g/mol. The maximum absolute atomic E-state index is 15.3. The predicted molar refractivity (Wildman–Crippen MR) is 174 cm³/mol. The lowest BCUT2D eigenvalue weighted by Crippen LogP contribution is -2.43. The van der Waals surface area contributed by atoms with Gasteiger partial charge in [0, 0.05) is 54.4 Å². The van der Waals surface area contributed by atoms with Crippen LogP contribution < -0.4 is 15.4 Å². The minimum atomic E-state index is -3.92. The van der Waals surface area contributed by atoms with E-state index in [1.165, 1.54) is 42.5 Å². The molecule has 0 unspecified atom stereocenters. The summed E-state index contributed by atoms with van der Waals surface area (Å²) >= 11 is 0. The fraction of sp³-hybridized carbons (Fsp3) is 0.424. The molecule has 0 aliphatic carbocycles. The summed E-state index contributed by atoms with van der Waals surface area (Å²) in [4.78, 5) is 16.9. The summed E-state index contributed by atoms with van der Waals surface area (Å²) in [6.45, 7) is 2.88. The lowest BCUT2D eigenvalue weighted by atomic mass is 9.76. The Kier molecular flexibility index (Phi) is 13.2. The number of rotatable bonds is 16. The first-order chi connectivity index (χ1) is 22.6. The number of sulfonamides is 1. The van der Waals surface area contributed by atoms with Crippen molar-refractivity contribution in [2.75, 3.05) is 31.6 Å². The van der Waals surface area contributed by atoms with E-state index in [0.717, 1.165) is 0 Å². The van der Waals surface area contributed by atoms with E-state index in [9.17, 15) is 28.2 Å². The minimum absolute atomic E-state index is 0.0359. The summed E-state index contributed by atoms with van der Waals surface area (Å²) in [5, 5.41) is 19.3. The van der Waals surface area contributed by atoms with Crippen LogP contribution in [0.2, 0.25) is 0 Å². The number of hydrogen-bond acceptors (Lipinski definition) is 7. The molecule has 1 amide bonds. The Labute approximate surface area is 273 Å². The van der Waals surface area contributed by atoms with Gasteiger partial charge in [0.15, 0.2) is 0 Å². The molecule has 1 aliphatic rings. The molecule has 0 radical (unpaired) electrons. The molecule has 1 saturated heterocycles. The molecule has 252 valence electrons. The van der Waals surface area contributed by atoms with Gasteiger partial charge in [-0.2, -0.15) is 0 Å². The highest BCUT2D eigenvalue weighted by Gasteiger charge is 2.36. The molecule has 4 atom stereocenters. The number of carbonyl (C=O) groups excluding carboxylic acids is 1. The van der Waals surface area contributed by atoms with Crippen LogP contribution in [0.25, 0.3) is 10.4 Å². The van der Waals surface area contributed by atoms with Crippen LogP contribution in [-0.4, -0.2) is 63.9 Å². The molecule has 4 rings (SSSR count). The molecule has 11 nitrogen and oxygen atoms in total. The fourth-order valence-corrected chi connectivity index (χ4v) is 7.12. The van der Waals surface area contributed by atoms with Crippen molar-refractivity contribution in [3.63, 3.8) is 0 Å². The normalized spacial score (nSPS) is 16.4. The first kappa shape index (κ1) is 35.9. The molecule has 47 heavy (non-hydrogen) atoms. The molecule has 0 saturated carbocycles.